The quantitative estimate of drug-likeness (QED) is 0.424. The molecule has 2 heterocycles. The average Bonchev–Trinajstić information content (AvgIpc) is 3.22. The number of carbonyl (C=O) groups is 1. The van der Waals surface area contributed by atoms with Gasteiger partial charge in [-0.2, -0.15) is 0 Å². The van der Waals surface area contributed by atoms with Gasteiger partial charge in [-0.1, -0.05) is 41.9 Å². The number of aliphatic hydroxyl groups is 1. The fourth-order valence-corrected chi connectivity index (χ4v) is 7.27. The first-order chi connectivity index (χ1) is 18.7. The predicted molar refractivity (Wildman–Crippen MR) is 144 cm³/mol. The largest absolute Gasteiger partial charge is 0.480 e. The first kappa shape index (κ1) is 25.0. The summed E-state index contributed by atoms with van der Waals surface area (Å²) in [5.74, 6) is -1.60. The van der Waals surface area contributed by atoms with E-state index in [0.717, 1.165) is 18.5 Å². The van der Waals surface area contributed by atoms with E-state index in [1.807, 2.05) is 30.3 Å². The van der Waals surface area contributed by atoms with Gasteiger partial charge in [0.05, 0.1) is 22.7 Å². The molecule has 5 nitrogen and oxygen atoms in total. The van der Waals surface area contributed by atoms with Crippen LogP contribution in [0, 0.1) is 17.0 Å². The van der Waals surface area contributed by atoms with Crippen molar-refractivity contribution < 1.29 is 23.4 Å². The lowest BCUT2D eigenvalue weighted by Crippen LogP contribution is -2.48. The lowest BCUT2D eigenvalue weighted by molar-refractivity contribution is 0.0521. The molecule has 0 radical (unpaired) electrons. The monoisotopic (exact) mass is 550 g/mol. The number of halogens is 3. The van der Waals surface area contributed by atoms with Crippen molar-refractivity contribution in [3.8, 4) is 16.9 Å². The lowest BCUT2D eigenvalue weighted by atomic mass is 9.79. The lowest BCUT2D eigenvalue weighted by Gasteiger charge is -2.35. The van der Waals surface area contributed by atoms with Gasteiger partial charge in [0.1, 0.15) is 17.4 Å². The van der Waals surface area contributed by atoms with Crippen LogP contribution in [0.1, 0.15) is 51.9 Å². The first-order valence-corrected chi connectivity index (χ1v) is 13.9. The Labute approximate surface area is 230 Å². The summed E-state index contributed by atoms with van der Waals surface area (Å²) in [5.41, 5.74) is 2.01. The van der Waals surface area contributed by atoms with Gasteiger partial charge in [-0.05, 0) is 53.9 Å². The van der Waals surface area contributed by atoms with Crippen LogP contribution in [0.2, 0.25) is 5.02 Å². The molecule has 3 aromatic carbocycles. The van der Waals surface area contributed by atoms with Gasteiger partial charge in [-0.15, -0.1) is 0 Å². The van der Waals surface area contributed by atoms with Crippen LogP contribution in [-0.4, -0.2) is 36.8 Å². The van der Waals surface area contributed by atoms with E-state index in [2.05, 4.69) is 10.6 Å². The Bertz CT molecular complexity index is 1520. The molecule has 39 heavy (non-hydrogen) atoms. The molecule has 1 saturated heterocycles. The zero-order chi connectivity index (χ0) is 27.1. The highest BCUT2D eigenvalue weighted by Gasteiger charge is 2.58. The maximum absolute atomic E-state index is 16.4. The molecule has 1 amide bonds. The third-order valence-electron chi connectivity index (χ3n) is 9.24. The molecule has 3 atom stereocenters. The second-order valence-corrected chi connectivity index (χ2v) is 12.0. The van der Waals surface area contributed by atoms with Crippen LogP contribution in [0.3, 0.4) is 0 Å². The van der Waals surface area contributed by atoms with Crippen molar-refractivity contribution in [3.05, 3.63) is 86.9 Å². The number of benzene rings is 3. The topological polar surface area (TPSA) is 70.6 Å². The van der Waals surface area contributed by atoms with E-state index in [-0.39, 0.29) is 46.0 Å². The van der Waals surface area contributed by atoms with Crippen molar-refractivity contribution in [2.75, 3.05) is 13.6 Å². The van der Waals surface area contributed by atoms with Crippen molar-refractivity contribution in [2.45, 2.75) is 56.3 Å². The Morgan fingerprint density at radius 3 is 2.59 bits per heavy atom. The van der Waals surface area contributed by atoms with Crippen molar-refractivity contribution in [1.82, 2.24) is 10.6 Å². The van der Waals surface area contributed by atoms with Crippen LogP contribution in [0.25, 0.3) is 11.1 Å². The third-order valence-corrected chi connectivity index (χ3v) is 9.61. The summed E-state index contributed by atoms with van der Waals surface area (Å²) >= 11 is 6.64. The molecule has 8 heteroatoms. The van der Waals surface area contributed by atoms with Gasteiger partial charge >= 0.3 is 0 Å². The number of ether oxygens (including phenoxy) is 1. The summed E-state index contributed by atoms with van der Waals surface area (Å²) in [6.45, 7) is 0.899. The standard InChI is InChI=1S/C31H29ClF2N2O3/c1-35-29(38)20-10-16-9-18(37)11-19(16)28(34)26(20)25-21-13-31(17-5-3-2-4-6-17,24-14-30(7-8-30)15-36-24)39-23(21)12-22(33)27(25)32/h2-6,10,12,18,24,36-37H,7-9,11,13-15H2,1H3,(H,35,38)/t18-,24-,31-/m0/s1. The van der Waals surface area contributed by atoms with Crippen LogP contribution >= 0.6 is 11.6 Å². The van der Waals surface area contributed by atoms with Gasteiger partial charge < -0.3 is 20.5 Å². The van der Waals surface area contributed by atoms with Crippen LogP contribution in [-0.2, 0) is 24.9 Å². The van der Waals surface area contributed by atoms with Gasteiger partial charge in [0.2, 0.25) is 0 Å². The number of aliphatic hydroxyl groups excluding tert-OH is 1. The molecule has 0 bridgehead atoms. The minimum Gasteiger partial charge on any atom is -0.480 e. The third kappa shape index (κ3) is 3.74. The second kappa shape index (κ2) is 8.75. The van der Waals surface area contributed by atoms with Gasteiger partial charge in [-0.25, -0.2) is 8.78 Å². The number of hydrogen-bond donors (Lipinski definition) is 3. The Morgan fingerprint density at radius 2 is 1.90 bits per heavy atom. The highest BCUT2D eigenvalue weighted by molar-refractivity contribution is 6.34. The Morgan fingerprint density at radius 1 is 1.13 bits per heavy atom. The summed E-state index contributed by atoms with van der Waals surface area (Å²) < 4.78 is 38.6. The zero-order valence-electron chi connectivity index (χ0n) is 21.5. The molecule has 202 valence electrons. The summed E-state index contributed by atoms with van der Waals surface area (Å²) in [5, 5.41) is 16.3. The van der Waals surface area contributed by atoms with Crippen molar-refractivity contribution >= 4 is 17.5 Å². The van der Waals surface area contributed by atoms with Gasteiger partial charge in [-0.3, -0.25) is 4.79 Å². The van der Waals surface area contributed by atoms with Crippen LogP contribution in [0.4, 0.5) is 8.78 Å². The summed E-state index contributed by atoms with van der Waals surface area (Å²) in [6, 6.07) is 12.7. The zero-order valence-corrected chi connectivity index (χ0v) is 22.3. The normalized spacial score (nSPS) is 25.9. The fraction of sp³-hybridized carbons (Fsp3) is 0.387. The predicted octanol–water partition coefficient (Wildman–Crippen LogP) is 5.08. The minimum atomic E-state index is -0.849. The molecule has 2 aliphatic heterocycles. The van der Waals surface area contributed by atoms with E-state index >= 15 is 8.78 Å². The molecule has 3 N–H and O–H groups in total. The summed E-state index contributed by atoms with van der Waals surface area (Å²) in [4.78, 5) is 13.1. The fourth-order valence-electron chi connectivity index (χ4n) is 7.01. The number of carbonyl (C=O) groups excluding carboxylic acids is 1. The highest BCUT2D eigenvalue weighted by Crippen LogP contribution is 2.58. The molecule has 3 aromatic rings. The van der Waals surface area contributed by atoms with Crippen molar-refractivity contribution in [2.24, 2.45) is 5.41 Å². The second-order valence-electron chi connectivity index (χ2n) is 11.6. The molecule has 2 aliphatic carbocycles. The number of rotatable bonds is 4. The molecule has 0 unspecified atom stereocenters. The van der Waals surface area contributed by atoms with E-state index in [1.165, 1.54) is 26.0 Å². The molecule has 1 spiro atoms. The maximum atomic E-state index is 16.4. The molecule has 0 aromatic heterocycles. The van der Waals surface area contributed by atoms with E-state index in [4.69, 9.17) is 16.3 Å². The smallest absolute Gasteiger partial charge is 0.251 e. The maximum Gasteiger partial charge on any atom is 0.251 e. The number of amides is 1. The first-order valence-electron chi connectivity index (χ1n) is 13.5. The van der Waals surface area contributed by atoms with E-state index in [0.29, 0.717) is 28.9 Å². The van der Waals surface area contributed by atoms with Crippen LogP contribution in [0.15, 0.2) is 42.5 Å². The number of fused-ring (bicyclic) bond motifs is 2. The van der Waals surface area contributed by atoms with Crippen LogP contribution in [0.5, 0.6) is 5.75 Å². The summed E-state index contributed by atoms with van der Waals surface area (Å²) in [6.07, 6.45) is 3.23. The molecular weight excluding hydrogens is 522 g/mol. The average molecular weight is 551 g/mol. The van der Waals surface area contributed by atoms with Gasteiger partial charge in [0.15, 0.2) is 5.60 Å². The SMILES string of the molecule is CNC(=O)c1cc2c(c(F)c1-c1c(Cl)c(F)cc3c1C[C@](c1ccccc1)([C@@H]1CC4(CC4)CN1)O3)C[C@@H](O)C2. The number of nitrogens with one attached hydrogen (secondary N) is 2. The van der Waals surface area contributed by atoms with Gasteiger partial charge in [0.25, 0.3) is 5.91 Å². The Kier molecular flexibility index (Phi) is 5.61. The van der Waals surface area contributed by atoms with E-state index < -0.39 is 29.2 Å². The summed E-state index contributed by atoms with van der Waals surface area (Å²) in [7, 11) is 1.46. The molecule has 7 rings (SSSR count). The van der Waals surface area contributed by atoms with E-state index in [9.17, 15) is 9.90 Å². The molecule has 1 saturated carbocycles. The van der Waals surface area contributed by atoms with Crippen molar-refractivity contribution in [3.63, 3.8) is 0 Å². The minimum absolute atomic E-state index is 0.0390. The molecule has 4 aliphatic rings. The number of hydrogen-bond acceptors (Lipinski definition) is 4. The van der Waals surface area contributed by atoms with Crippen molar-refractivity contribution in [1.29, 1.82) is 0 Å². The van der Waals surface area contributed by atoms with E-state index in [1.54, 1.807) is 6.07 Å². The van der Waals surface area contributed by atoms with Crippen LogP contribution < -0.4 is 15.4 Å². The molecular formula is C31H29ClF2N2O3. The highest BCUT2D eigenvalue weighted by atomic mass is 35.5. The Balaban J connectivity index is 1.45. The Hall–Kier alpha value is -3.00. The van der Waals surface area contributed by atoms with Gasteiger partial charge in [0, 0.05) is 49.2 Å². The molecule has 2 fully saturated rings.